The van der Waals surface area contributed by atoms with E-state index in [9.17, 15) is 0 Å². The molecule has 0 amide bonds. The van der Waals surface area contributed by atoms with Crippen molar-refractivity contribution >= 4 is 11.8 Å². The fraction of sp³-hybridized carbons (Fsp3) is 0.471. The maximum absolute atomic E-state index is 4.61. The molecule has 1 fully saturated rings. The van der Waals surface area contributed by atoms with Gasteiger partial charge in [-0.2, -0.15) is 0 Å². The molecule has 5 nitrogen and oxygen atoms in total. The van der Waals surface area contributed by atoms with E-state index in [0.29, 0.717) is 5.92 Å². The van der Waals surface area contributed by atoms with Crippen molar-refractivity contribution in [3.05, 3.63) is 41.3 Å². The quantitative estimate of drug-likeness (QED) is 0.944. The van der Waals surface area contributed by atoms with Crippen molar-refractivity contribution in [2.24, 2.45) is 0 Å². The van der Waals surface area contributed by atoms with Gasteiger partial charge in [0.2, 0.25) is 5.95 Å². The molecule has 1 aliphatic heterocycles. The molecular formula is C17H23N5. The smallest absolute Gasteiger partial charge is 0.225 e. The van der Waals surface area contributed by atoms with Crippen LogP contribution in [0.1, 0.15) is 35.7 Å². The second kappa shape index (κ2) is 6.30. The number of pyridine rings is 1. The van der Waals surface area contributed by atoms with E-state index in [-0.39, 0.29) is 0 Å². The standard InChI is InChI=1S/C17H23N5/c1-12-9-13(2)21-17(20-12)22-8-4-5-15(11-22)14-6-7-19-16(10-14)18-3/h6-7,9-10,15H,4-5,8,11H2,1-3H3,(H,18,19)/t15-/m0/s1. The van der Waals surface area contributed by atoms with E-state index in [1.165, 1.54) is 12.0 Å². The van der Waals surface area contributed by atoms with Crippen LogP contribution in [0.5, 0.6) is 0 Å². The molecule has 1 atom stereocenters. The van der Waals surface area contributed by atoms with Gasteiger partial charge in [0.15, 0.2) is 0 Å². The van der Waals surface area contributed by atoms with Crippen molar-refractivity contribution in [1.29, 1.82) is 0 Å². The molecule has 1 aliphatic rings. The van der Waals surface area contributed by atoms with E-state index in [1.54, 1.807) is 0 Å². The average molecular weight is 297 g/mol. The number of aryl methyl sites for hydroxylation is 2. The van der Waals surface area contributed by atoms with Gasteiger partial charge in [-0.1, -0.05) is 0 Å². The number of hydrogen-bond acceptors (Lipinski definition) is 5. The summed E-state index contributed by atoms with van der Waals surface area (Å²) in [5.41, 5.74) is 3.41. The minimum atomic E-state index is 0.508. The van der Waals surface area contributed by atoms with Crippen LogP contribution >= 0.6 is 0 Å². The highest BCUT2D eigenvalue weighted by molar-refractivity contribution is 5.40. The number of piperidine rings is 1. The topological polar surface area (TPSA) is 53.9 Å². The van der Waals surface area contributed by atoms with Gasteiger partial charge >= 0.3 is 0 Å². The van der Waals surface area contributed by atoms with Gasteiger partial charge in [0.25, 0.3) is 0 Å². The van der Waals surface area contributed by atoms with Crippen molar-refractivity contribution in [3.63, 3.8) is 0 Å². The van der Waals surface area contributed by atoms with Gasteiger partial charge < -0.3 is 10.2 Å². The largest absolute Gasteiger partial charge is 0.373 e. The number of nitrogens with one attached hydrogen (secondary N) is 1. The summed E-state index contributed by atoms with van der Waals surface area (Å²) in [7, 11) is 1.91. The Kier molecular flexibility index (Phi) is 4.22. The maximum Gasteiger partial charge on any atom is 0.225 e. The summed E-state index contributed by atoms with van der Waals surface area (Å²) in [4.78, 5) is 15.8. The predicted molar refractivity (Wildman–Crippen MR) is 89.5 cm³/mol. The van der Waals surface area contributed by atoms with Gasteiger partial charge in [0.05, 0.1) is 0 Å². The van der Waals surface area contributed by atoms with Crippen molar-refractivity contribution in [1.82, 2.24) is 15.0 Å². The van der Waals surface area contributed by atoms with Gasteiger partial charge in [-0.05, 0) is 50.5 Å². The normalized spacial score (nSPS) is 18.3. The molecule has 0 spiro atoms. The Hall–Kier alpha value is -2.17. The predicted octanol–water partition coefficient (Wildman–Crippen LogP) is 2.91. The van der Waals surface area contributed by atoms with Crippen LogP contribution < -0.4 is 10.2 Å². The number of rotatable bonds is 3. The fourth-order valence-electron chi connectivity index (χ4n) is 3.12. The lowest BCUT2D eigenvalue weighted by Gasteiger charge is -2.33. The third-order valence-corrected chi connectivity index (χ3v) is 4.19. The Bertz CT molecular complexity index is 635. The molecule has 0 bridgehead atoms. The molecular weight excluding hydrogens is 274 g/mol. The molecule has 1 saturated heterocycles. The molecule has 0 saturated carbocycles. The fourth-order valence-corrected chi connectivity index (χ4v) is 3.12. The number of aromatic nitrogens is 3. The summed E-state index contributed by atoms with van der Waals surface area (Å²) in [6.07, 6.45) is 4.25. The monoisotopic (exact) mass is 297 g/mol. The summed E-state index contributed by atoms with van der Waals surface area (Å²) >= 11 is 0. The third kappa shape index (κ3) is 3.18. The van der Waals surface area contributed by atoms with Gasteiger partial charge in [-0.15, -0.1) is 0 Å². The molecule has 116 valence electrons. The summed E-state index contributed by atoms with van der Waals surface area (Å²) in [6, 6.07) is 6.29. The van der Waals surface area contributed by atoms with Crippen LogP contribution in [0.25, 0.3) is 0 Å². The van der Waals surface area contributed by atoms with Crippen LogP contribution in [0.15, 0.2) is 24.4 Å². The van der Waals surface area contributed by atoms with Crippen molar-refractivity contribution < 1.29 is 0 Å². The van der Waals surface area contributed by atoms with E-state index in [1.807, 2.05) is 33.2 Å². The molecule has 3 rings (SSSR count). The molecule has 3 heterocycles. The highest BCUT2D eigenvalue weighted by atomic mass is 15.3. The van der Waals surface area contributed by atoms with Gasteiger partial charge in [-0.25, -0.2) is 15.0 Å². The molecule has 0 unspecified atom stereocenters. The second-order valence-electron chi connectivity index (χ2n) is 5.96. The van der Waals surface area contributed by atoms with E-state index in [0.717, 1.165) is 42.7 Å². The lowest BCUT2D eigenvalue weighted by Crippen LogP contribution is -2.35. The molecule has 2 aromatic rings. The molecule has 0 aromatic carbocycles. The van der Waals surface area contributed by atoms with Crippen LogP contribution in [-0.2, 0) is 0 Å². The van der Waals surface area contributed by atoms with Gasteiger partial charge in [0.1, 0.15) is 5.82 Å². The SMILES string of the molecule is CNc1cc([C@H]2CCCN(c3nc(C)cc(C)n3)C2)ccn1. The summed E-state index contributed by atoms with van der Waals surface area (Å²) in [6.45, 7) is 6.06. The zero-order chi connectivity index (χ0) is 15.5. The highest BCUT2D eigenvalue weighted by Crippen LogP contribution is 2.29. The van der Waals surface area contributed by atoms with Gasteiger partial charge in [-0.3, -0.25) is 0 Å². The Morgan fingerprint density at radius 3 is 2.68 bits per heavy atom. The van der Waals surface area contributed by atoms with E-state index in [2.05, 4.69) is 37.3 Å². The second-order valence-corrected chi connectivity index (χ2v) is 5.96. The Labute approximate surface area is 131 Å². The first-order valence-electron chi connectivity index (χ1n) is 7.86. The number of anilines is 2. The van der Waals surface area contributed by atoms with Crippen molar-refractivity contribution in [2.45, 2.75) is 32.6 Å². The molecule has 0 aliphatic carbocycles. The van der Waals surface area contributed by atoms with Gasteiger partial charge in [0, 0.05) is 43.6 Å². The van der Waals surface area contributed by atoms with Crippen molar-refractivity contribution in [3.8, 4) is 0 Å². The summed E-state index contributed by atoms with van der Waals surface area (Å²) in [5.74, 6) is 2.30. The van der Waals surface area contributed by atoms with E-state index in [4.69, 9.17) is 0 Å². The molecule has 1 N–H and O–H groups in total. The maximum atomic E-state index is 4.61. The van der Waals surface area contributed by atoms with Crippen LogP contribution in [-0.4, -0.2) is 35.1 Å². The lowest BCUT2D eigenvalue weighted by atomic mass is 9.91. The summed E-state index contributed by atoms with van der Waals surface area (Å²) in [5, 5.41) is 3.11. The van der Waals surface area contributed by atoms with Crippen LogP contribution in [0.2, 0.25) is 0 Å². The first kappa shape index (κ1) is 14.8. The molecule has 22 heavy (non-hydrogen) atoms. The lowest BCUT2D eigenvalue weighted by molar-refractivity contribution is 0.503. The Morgan fingerprint density at radius 2 is 1.95 bits per heavy atom. The van der Waals surface area contributed by atoms with E-state index >= 15 is 0 Å². The molecule has 5 heteroatoms. The first-order valence-corrected chi connectivity index (χ1v) is 7.86. The zero-order valence-corrected chi connectivity index (χ0v) is 13.5. The number of nitrogens with zero attached hydrogens (tertiary/aromatic N) is 4. The highest BCUT2D eigenvalue weighted by Gasteiger charge is 2.23. The zero-order valence-electron chi connectivity index (χ0n) is 13.5. The van der Waals surface area contributed by atoms with Crippen LogP contribution in [0.4, 0.5) is 11.8 Å². The number of hydrogen-bond donors (Lipinski definition) is 1. The van der Waals surface area contributed by atoms with Crippen LogP contribution in [0.3, 0.4) is 0 Å². The van der Waals surface area contributed by atoms with E-state index < -0.39 is 0 Å². The first-order chi connectivity index (χ1) is 10.7. The minimum absolute atomic E-state index is 0.508. The van der Waals surface area contributed by atoms with Crippen molar-refractivity contribution in [2.75, 3.05) is 30.4 Å². The molecule has 2 aromatic heterocycles. The minimum Gasteiger partial charge on any atom is -0.373 e. The summed E-state index contributed by atoms with van der Waals surface area (Å²) < 4.78 is 0. The average Bonchev–Trinajstić information content (AvgIpc) is 2.54. The molecule has 0 radical (unpaired) electrons. The third-order valence-electron chi connectivity index (χ3n) is 4.19. The Morgan fingerprint density at radius 1 is 1.18 bits per heavy atom. The van der Waals surface area contributed by atoms with Crippen LogP contribution in [0, 0.1) is 13.8 Å². The Balaban J connectivity index is 1.81.